The molecule has 0 amide bonds. The molecule has 0 radical (unpaired) electrons. The number of hydrogen-bond donors (Lipinski definition) is 0. The second-order valence-corrected chi connectivity index (χ2v) is 4.27. The maximum atomic E-state index is 5.44. The number of ether oxygens (including phenoxy) is 4. The smallest absolute Gasteiger partial charge is 0.226 e. The van der Waals surface area contributed by atoms with Gasteiger partial charge < -0.3 is 18.9 Å². The monoisotopic (exact) mass is 246 g/mol. The van der Waals surface area contributed by atoms with Gasteiger partial charge in [-0.15, -0.1) is 0 Å². The van der Waals surface area contributed by atoms with Gasteiger partial charge >= 0.3 is 0 Å². The van der Waals surface area contributed by atoms with Crippen LogP contribution in [0.3, 0.4) is 0 Å². The summed E-state index contributed by atoms with van der Waals surface area (Å²) in [5.41, 5.74) is 1.91. The van der Waals surface area contributed by atoms with Gasteiger partial charge in [-0.05, 0) is 0 Å². The summed E-state index contributed by atoms with van der Waals surface area (Å²) >= 11 is 0. The molecule has 94 valence electrons. The minimum Gasteiger partial charge on any atom is -0.463 e. The van der Waals surface area contributed by atoms with E-state index in [0.717, 1.165) is 11.1 Å². The summed E-state index contributed by atoms with van der Waals surface area (Å²) in [6.07, 6.45) is -0.709. The quantitative estimate of drug-likeness (QED) is 0.804. The van der Waals surface area contributed by atoms with Crippen molar-refractivity contribution in [1.29, 1.82) is 0 Å². The Hall–Kier alpha value is -1.78. The molecular weight excluding hydrogens is 232 g/mol. The summed E-state index contributed by atoms with van der Waals surface area (Å²) in [6.45, 7) is 8.33. The third kappa shape index (κ3) is 2.12. The van der Waals surface area contributed by atoms with E-state index in [0.29, 0.717) is 24.7 Å². The summed E-state index contributed by atoms with van der Waals surface area (Å²) < 4.78 is 21.7. The van der Waals surface area contributed by atoms with E-state index in [9.17, 15) is 0 Å². The van der Waals surface area contributed by atoms with Gasteiger partial charge in [0.25, 0.3) is 0 Å². The molecule has 2 heterocycles. The minimum absolute atomic E-state index is 0.355. The summed E-state index contributed by atoms with van der Waals surface area (Å²) in [6, 6.07) is 7.75. The first-order valence-electron chi connectivity index (χ1n) is 5.74. The molecule has 0 saturated carbocycles. The van der Waals surface area contributed by atoms with Gasteiger partial charge in [0.05, 0.1) is 0 Å². The van der Waals surface area contributed by atoms with Crippen molar-refractivity contribution in [2.75, 3.05) is 13.2 Å². The Morgan fingerprint density at radius 1 is 0.778 bits per heavy atom. The third-order valence-electron chi connectivity index (χ3n) is 2.82. The Balaban J connectivity index is 1.73. The van der Waals surface area contributed by atoms with Gasteiger partial charge in [0, 0.05) is 11.1 Å². The van der Waals surface area contributed by atoms with Crippen LogP contribution in [0.1, 0.15) is 23.7 Å². The van der Waals surface area contributed by atoms with Crippen LogP contribution in [0.25, 0.3) is 0 Å². The molecule has 4 heteroatoms. The van der Waals surface area contributed by atoms with Gasteiger partial charge in [0.15, 0.2) is 0 Å². The molecule has 2 unspecified atom stereocenters. The fourth-order valence-corrected chi connectivity index (χ4v) is 1.91. The van der Waals surface area contributed by atoms with E-state index in [1.807, 2.05) is 24.3 Å². The first kappa shape index (κ1) is 11.3. The lowest BCUT2D eigenvalue weighted by molar-refractivity contribution is -0.0367. The van der Waals surface area contributed by atoms with Crippen molar-refractivity contribution in [3.05, 3.63) is 60.1 Å². The molecule has 1 aromatic rings. The predicted molar refractivity (Wildman–Crippen MR) is 64.3 cm³/mol. The SMILES string of the molecule is C=C1COC(c2ccc(C3OCC(=C)O3)cc2)O1. The molecule has 2 fully saturated rings. The summed E-state index contributed by atoms with van der Waals surface area (Å²) in [4.78, 5) is 0. The van der Waals surface area contributed by atoms with Crippen molar-refractivity contribution in [2.24, 2.45) is 0 Å². The van der Waals surface area contributed by atoms with Crippen molar-refractivity contribution in [3.8, 4) is 0 Å². The highest BCUT2D eigenvalue weighted by Gasteiger charge is 2.24. The molecule has 2 saturated heterocycles. The van der Waals surface area contributed by atoms with Gasteiger partial charge in [-0.3, -0.25) is 0 Å². The topological polar surface area (TPSA) is 36.9 Å². The van der Waals surface area contributed by atoms with Gasteiger partial charge in [0.2, 0.25) is 12.6 Å². The van der Waals surface area contributed by atoms with Crippen LogP contribution in [0.15, 0.2) is 48.9 Å². The number of hydrogen-bond acceptors (Lipinski definition) is 4. The first-order chi connectivity index (χ1) is 8.72. The Labute approximate surface area is 105 Å². The van der Waals surface area contributed by atoms with Crippen LogP contribution < -0.4 is 0 Å². The Bertz CT molecular complexity index is 432. The van der Waals surface area contributed by atoms with Crippen molar-refractivity contribution in [3.63, 3.8) is 0 Å². The Morgan fingerprint density at radius 2 is 1.17 bits per heavy atom. The molecule has 3 rings (SSSR count). The average Bonchev–Trinajstić information content (AvgIpc) is 2.98. The van der Waals surface area contributed by atoms with Crippen molar-refractivity contribution in [1.82, 2.24) is 0 Å². The summed E-state index contributed by atoms with van der Waals surface area (Å²) in [5, 5.41) is 0. The van der Waals surface area contributed by atoms with E-state index in [1.165, 1.54) is 0 Å². The van der Waals surface area contributed by atoms with Crippen LogP contribution in [-0.2, 0) is 18.9 Å². The number of benzene rings is 1. The maximum Gasteiger partial charge on any atom is 0.226 e. The van der Waals surface area contributed by atoms with E-state index in [1.54, 1.807) is 0 Å². The van der Waals surface area contributed by atoms with Crippen molar-refractivity contribution >= 4 is 0 Å². The van der Waals surface area contributed by atoms with E-state index < -0.39 is 0 Å². The molecule has 2 aliphatic rings. The van der Waals surface area contributed by atoms with E-state index in [-0.39, 0.29) is 12.6 Å². The lowest BCUT2D eigenvalue weighted by Crippen LogP contribution is -2.01. The average molecular weight is 246 g/mol. The molecular formula is C14H14O4. The molecule has 0 aromatic heterocycles. The predicted octanol–water partition coefficient (Wildman–Crippen LogP) is 2.80. The zero-order valence-corrected chi connectivity index (χ0v) is 9.93. The Morgan fingerprint density at radius 3 is 1.44 bits per heavy atom. The second-order valence-electron chi connectivity index (χ2n) is 4.27. The molecule has 18 heavy (non-hydrogen) atoms. The van der Waals surface area contributed by atoms with Crippen LogP contribution in [0, 0.1) is 0 Å². The molecule has 2 aliphatic heterocycles. The standard InChI is InChI=1S/C14H14O4/c1-9-7-15-13(17-9)11-3-5-12(6-4-11)14-16-8-10(2)18-14/h3-6,13-14H,1-2,7-8H2. The zero-order valence-electron chi connectivity index (χ0n) is 9.93. The highest BCUT2D eigenvalue weighted by molar-refractivity contribution is 5.25. The fourth-order valence-electron chi connectivity index (χ4n) is 1.91. The van der Waals surface area contributed by atoms with Gasteiger partial charge in [0.1, 0.15) is 24.7 Å². The molecule has 4 nitrogen and oxygen atoms in total. The van der Waals surface area contributed by atoms with E-state index >= 15 is 0 Å². The molecule has 0 N–H and O–H groups in total. The van der Waals surface area contributed by atoms with E-state index in [4.69, 9.17) is 18.9 Å². The van der Waals surface area contributed by atoms with Crippen molar-refractivity contribution < 1.29 is 18.9 Å². The largest absolute Gasteiger partial charge is 0.463 e. The number of rotatable bonds is 2. The molecule has 1 aromatic carbocycles. The van der Waals surface area contributed by atoms with Crippen LogP contribution in [0.4, 0.5) is 0 Å². The molecule has 0 spiro atoms. The molecule has 2 atom stereocenters. The summed E-state index contributed by atoms with van der Waals surface area (Å²) in [7, 11) is 0. The van der Waals surface area contributed by atoms with Gasteiger partial charge in [-0.2, -0.15) is 0 Å². The van der Waals surface area contributed by atoms with Gasteiger partial charge in [-0.25, -0.2) is 0 Å². The van der Waals surface area contributed by atoms with Crippen LogP contribution in [0.5, 0.6) is 0 Å². The van der Waals surface area contributed by atoms with Crippen LogP contribution in [0.2, 0.25) is 0 Å². The maximum absolute atomic E-state index is 5.44. The second kappa shape index (κ2) is 4.48. The van der Waals surface area contributed by atoms with Crippen LogP contribution >= 0.6 is 0 Å². The highest BCUT2D eigenvalue weighted by atomic mass is 16.7. The third-order valence-corrected chi connectivity index (χ3v) is 2.82. The fraction of sp³-hybridized carbons (Fsp3) is 0.286. The first-order valence-corrected chi connectivity index (χ1v) is 5.74. The van der Waals surface area contributed by atoms with E-state index in [2.05, 4.69) is 13.2 Å². The lowest BCUT2D eigenvalue weighted by Gasteiger charge is -2.13. The highest BCUT2D eigenvalue weighted by Crippen LogP contribution is 2.31. The van der Waals surface area contributed by atoms with Crippen molar-refractivity contribution in [2.45, 2.75) is 12.6 Å². The molecule has 0 bridgehead atoms. The Kier molecular flexibility index (Phi) is 2.81. The van der Waals surface area contributed by atoms with Crippen LogP contribution in [-0.4, -0.2) is 13.2 Å². The summed E-state index contributed by atoms with van der Waals surface area (Å²) in [5.74, 6) is 1.31. The lowest BCUT2D eigenvalue weighted by atomic mass is 10.1. The normalized spacial score (nSPS) is 27.1. The van der Waals surface area contributed by atoms with Gasteiger partial charge in [-0.1, -0.05) is 37.4 Å². The molecule has 0 aliphatic carbocycles. The zero-order chi connectivity index (χ0) is 12.5. The minimum atomic E-state index is -0.355.